The van der Waals surface area contributed by atoms with Gasteiger partial charge in [-0.15, -0.1) is 0 Å². The van der Waals surface area contributed by atoms with Gasteiger partial charge in [0.25, 0.3) is 11.5 Å². The van der Waals surface area contributed by atoms with E-state index in [1.54, 1.807) is 36.1 Å². The number of esters is 1. The van der Waals surface area contributed by atoms with Gasteiger partial charge in [0.2, 0.25) is 0 Å². The lowest BCUT2D eigenvalue weighted by Gasteiger charge is -2.32. The van der Waals surface area contributed by atoms with E-state index in [0.717, 1.165) is 0 Å². The van der Waals surface area contributed by atoms with Crippen LogP contribution >= 0.6 is 0 Å². The molecule has 0 saturated carbocycles. The van der Waals surface area contributed by atoms with Gasteiger partial charge in [-0.1, -0.05) is 18.2 Å². The van der Waals surface area contributed by atoms with E-state index < -0.39 is 12.1 Å². The molecule has 0 bridgehead atoms. The van der Waals surface area contributed by atoms with E-state index in [-0.39, 0.29) is 30.0 Å². The van der Waals surface area contributed by atoms with Gasteiger partial charge in [-0.3, -0.25) is 14.4 Å². The molecule has 1 amide bonds. The van der Waals surface area contributed by atoms with Crippen molar-refractivity contribution in [1.82, 2.24) is 15.1 Å². The monoisotopic (exact) mass is 359 g/mol. The molecule has 2 aromatic rings. The third-order valence-corrected chi connectivity index (χ3v) is 4.11. The van der Waals surface area contributed by atoms with Crippen molar-refractivity contribution in [2.24, 2.45) is 0 Å². The number of nitrogens with zero attached hydrogens (tertiary/aromatic N) is 2. The summed E-state index contributed by atoms with van der Waals surface area (Å²) in [4.78, 5) is 38.3. The molecule has 2 rings (SSSR count). The fourth-order valence-corrected chi connectivity index (χ4v) is 3.05. The fourth-order valence-electron chi connectivity index (χ4n) is 3.05. The number of nitrogens with one attached hydrogen (secondary N) is 1. The predicted molar refractivity (Wildman–Crippen MR) is 98.7 cm³/mol. The topological polar surface area (TPSA) is 92.4 Å². The van der Waals surface area contributed by atoms with Crippen LogP contribution in [0.3, 0.4) is 0 Å². The summed E-state index contributed by atoms with van der Waals surface area (Å²) in [7, 11) is 0. The minimum Gasteiger partial charge on any atom is -0.452 e. The molecular formula is C19H25N3O4. The molecule has 1 aromatic carbocycles. The van der Waals surface area contributed by atoms with E-state index in [9.17, 15) is 14.4 Å². The Morgan fingerprint density at radius 1 is 1.08 bits per heavy atom. The van der Waals surface area contributed by atoms with Gasteiger partial charge in [-0.05, 0) is 40.7 Å². The maximum Gasteiger partial charge on any atom is 0.312 e. The molecule has 26 heavy (non-hydrogen) atoms. The number of H-pyrrole nitrogens is 1. The van der Waals surface area contributed by atoms with Crippen molar-refractivity contribution in [2.75, 3.05) is 0 Å². The number of aromatic nitrogens is 2. The first-order chi connectivity index (χ1) is 12.2. The molecule has 7 heteroatoms. The zero-order valence-corrected chi connectivity index (χ0v) is 15.8. The second-order valence-corrected chi connectivity index (χ2v) is 6.79. The Kier molecular flexibility index (Phi) is 6.13. The van der Waals surface area contributed by atoms with Gasteiger partial charge in [0.15, 0.2) is 6.10 Å². The van der Waals surface area contributed by atoms with E-state index in [1.165, 1.54) is 0 Å². The number of carbonyl (C=O) groups excluding carboxylic acids is 2. The van der Waals surface area contributed by atoms with Crippen LogP contribution in [0.5, 0.6) is 0 Å². The summed E-state index contributed by atoms with van der Waals surface area (Å²) < 4.78 is 5.31. The van der Waals surface area contributed by atoms with Crippen LogP contribution < -0.4 is 5.56 Å². The second-order valence-electron chi connectivity index (χ2n) is 6.79. The van der Waals surface area contributed by atoms with E-state index in [4.69, 9.17) is 4.74 Å². The number of ether oxygens (including phenoxy) is 1. The van der Waals surface area contributed by atoms with Crippen molar-refractivity contribution in [3.8, 4) is 0 Å². The van der Waals surface area contributed by atoms with Crippen LogP contribution in [0.25, 0.3) is 10.8 Å². The molecule has 0 aliphatic rings. The van der Waals surface area contributed by atoms with Crippen LogP contribution in [0.1, 0.15) is 40.3 Å². The second kappa shape index (κ2) is 8.12. The van der Waals surface area contributed by atoms with Gasteiger partial charge in [0.05, 0.1) is 17.5 Å². The average molecular weight is 359 g/mol. The van der Waals surface area contributed by atoms with Crippen LogP contribution in [0.15, 0.2) is 29.1 Å². The Hall–Kier alpha value is -2.70. The summed E-state index contributed by atoms with van der Waals surface area (Å²) in [6.45, 7) is 9.24. The Morgan fingerprint density at radius 3 is 2.23 bits per heavy atom. The summed E-state index contributed by atoms with van der Waals surface area (Å²) in [5.41, 5.74) is 0.0974. The van der Waals surface area contributed by atoms with Crippen LogP contribution in [0, 0.1) is 0 Å². The molecule has 1 aromatic heterocycles. The number of carbonyl (C=O) groups is 2. The van der Waals surface area contributed by atoms with Crippen LogP contribution in [0.4, 0.5) is 0 Å². The van der Waals surface area contributed by atoms with E-state index >= 15 is 0 Å². The number of amides is 1. The molecule has 0 aliphatic carbocycles. The van der Waals surface area contributed by atoms with Crippen molar-refractivity contribution in [3.05, 3.63) is 40.3 Å². The zero-order chi connectivity index (χ0) is 19.4. The van der Waals surface area contributed by atoms with Gasteiger partial charge in [-0.25, -0.2) is 5.10 Å². The average Bonchev–Trinajstić information content (AvgIpc) is 2.57. The summed E-state index contributed by atoms with van der Waals surface area (Å²) in [5.74, 6) is -0.800. The van der Waals surface area contributed by atoms with E-state index in [2.05, 4.69) is 10.2 Å². The molecule has 1 unspecified atom stereocenters. The molecule has 1 N–H and O–H groups in total. The van der Waals surface area contributed by atoms with Crippen LogP contribution in [-0.2, 0) is 20.7 Å². The molecule has 1 heterocycles. The van der Waals surface area contributed by atoms with Gasteiger partial charge in [-0.2, -0.15) is 5.10 Å². The van der Waals surface area contributed by atoms with E-state index in [0.29, 0.717) is 16.5 Å². The SMILES string of the molecule is CC(OC(=O)Cc1n[nH]c(=O)c2ccccc12)C(=O)N(C(C)C)C(C)C. The molecule has 0 saturated heterocycles. The molecule has 0 spiro atoms. The number of hydrogen-bond acceptors (Lipinski definition) is 5. The smallest absolute Gasteiger partial charge is 0.312 e. The Labute approximate surface area is 152 Å². The summed E-state index contributed by atoms with van der Waals surface area (Å²) in [6, 6.07) is 6.93. The molecule has 1 atom stereocenters. The first-order valence-corrected chi connectivity index (χ1v) is 8.70. The Bertz CT molecular complexity index is 849. The quantitative estimate of drug-likeness (QED) is 0.797. The minimum atomic E-state index is -0.888. The van der Waals surface area contributed by atoms with Gasteiger partial charge in [0, 0.05) is 17.5 Å². The van der Waals surface area contributed by atoms with Crippen molar-refractivity contribution in [3.63, 3.8) is 0 Å². The number of benzene rings is 1. The summed E-state index contributed by atoms with van der Waals surface area (Å²) in [6.07, 6.45) is -1.01. The Morgan fingerprint density at radius 2 is 1.65 bits per heavy atom. The highest BCUT2D eigenvalue weighted by molar-refractivity contribution is 5.88. The van der Waals surface area contributed by atoms with Crippen LogP contribution in [0.2, 0.25) is 0 Å². The first kappa shape index (κ1) is 19.6. The molecule has 0 fully saturated rings. The number of rotatable bonds is 6. The van der Waals surface area contributed by atoms with Crippen molar-refractivity contribution >= 4 is 22.6 Å². The standard InChI is InChI=1S/C19H25N3O4/c1-11(2)22(12(3)4)19(25)13(5)26-17(23)10-16-14-8-6-7-9-15(14)18(24)21-20-16/h6-9,11-13H,10H2,1-5H3,(H,21,24). The van der Waals surface area contributed by atoms with Crippen molar-refractivity contribution in [2.45, 2.75) is 59.2 Å². The normalized spacial score (nSPS) is 12.4. The maximum atomic E-state index is 12.6. The number of fused-ring (bicyclic) bond motifs is 1. The highest BCUT2D eigenvalue weighted by Crippen LogP contribution is 2.14. The fraction of sp³-hybridized carbons (Fsp3) is 0.474. The third-order valence-electron chi connectivity index (χ3n) is 4.11. The van der Waals surface area contributed by atoms with Gasteiger partial charge < -0.3 is 9.64 Å². The zero-order valence-electron chi connectivity index (χ0n) is 15.8. The lowest BCUT2D eigenvalue weighted by atomic mass is 10.1. The molecule has 140 valence electrons. The van der Waals surface area contributed by atoms with Crippen molar-refractivity contribution in [1.29, 1.82) is 0 Å². The number of hydrogen-bond donors (Lipinski definition) is 1. The predicted octanol–water partition coefficient (Wildman–Crippen LogP) is 2.04. The molecular weight excluding hydrogens is 334 g/mol. The largest absolute Gasteiger partial charge is 0.452 e. The van der Waals surface area contributed by atoms with Crippen LogP contribution in [-0.4, -0.2) is 45.2 Å². The maximum absolute atomic E-state index is 12.6. The van der Waals surface area contributed by atoms with E-state index in [1.807, 2.05) is 27.7 Å². The highest BCUT2D eigenvalue weighted by atomic mass is 16.5. The van der Waals surface area contributed by atoms with Crippen molar-refractivity contribution < 1.29 is 14.3 Å². The highest BCUT2D eigenvalue weighted by Gasteiger charge is 2.27. The lowest BCUT2D eigenvalue weighted by Crippen LogP contribution is -2.47. The third kappa shape index (κ3) is 4.28. The molecule has 7 nitrogen and oxygen atoms in total. The molecule has 0 aliphatic heterocycles. The van der Waals surface area contributed by atoms with Gasteiger partial charge >= 0.3 is 5.97 Å². The Balaban J connectivity index is 2.13. The summed E-state index contributed by atoms with van der Waals surface area (Å²) >= 11 is 0. The van der Waals surface area contributed by atoms with Gasteiger partial charge in [0.1, 0.15) is 0 Å². The number of aromatic amines is 1. The molecule has 0 radical (unpaired) electrons. The lowest BCUT2D eigenvalue weighted by molar-refractivity contribution is -0.160. The first-order valence-electron chi connectivity index (χ1n) is 8.70. The summed E-state index contributed by atoms with van der Waals surface area (Å²) in [5, 5.41) is 7.39. The minimum absolute atomic E-state index is 0.00783.